The van der Waals surface area contributed by atoms with Crippen molar-refractivity contribution in [3.63, 3.8) is 0 Å². The Morgan fingerprint density at radius 1 is 1.28 bits per heavy atom. The van der Waals surface area contributed by atoms with E-state index < -0.39 is 0 Å². The van der Waals surface area contributed by atoms with Crippen molar-refractivity contribution in [2.24, 2.45) is 0 Å². The van der Waals surface area contributed by atoms with Crippen molar-refractivity contribution in [2.45, 2.75) is 26.8 Å². The quantitative estimate of drug-likeness (QED) is 0.765. The molecule has 0 atom stereocenters. The van der Waals surface area contributed by atoms with Gasteiger partial charge in [0.15, 0.2) is 0 Å². The molecular formula is C20H21N3OS. The lowest BCUT2D eigenvalue weighted by molar-refractivity contribution is -0.114. The van der Waals surface area contributed by atoms with Gasteiger partial charge in [-0.3, -0.25) is 9.69 Å². The number of carbonyl (C=O) groups excluding carboxylic acids is 1. The molecule has 1 aliphatic rings. The highest BCUT2D eigenvalue weighted by Crippen LogP contribution is 2.37. The van der Waals surface area contributed by atoms with Crippen LogP contribution < -0.4 is 5.32 Å². The number of aromatic nitrogens is 1. The third kappa shape index (κ3) is 3.17. The number of para-hydroxylation sites is 1. The first-order chi connectivity index (χ1) is 12.1. The molecule has 4 nitrogen and oxygen atoms in total. The van der Waals surface area contributed by atoms with Crippen molar-refractivity contribution < 1.29 is 4.79 Å². The van der Waals surface area contributed by atoms with Crippen molar-refractivity contribution in [1.82, 2.24) is 9.88 Å². The lowest BCUT2D eigenvalue weighted by Crippen LogP contribution is -2.30. The van der Waals surface area contributed by atoms with E-state index in [1.807, 2.05) is 18.2 Å². The topological polar surface area (TPSA) is 45.2 Å². The molecule has 3 aromatic rings. The van der Waals surface area contributed by atoms with Gasteiger partial charge >= 0.3 is 0 Å². The predicted molar refractivity (Wildman–Crippen MR) is 104 cm³/mol. The lowest BCUT2D eigenvalue weighted by atomic mass is 9.96. The highest BCUT2D eigenvalue weighted by atomic mass is 32.1. The number of rotatable bonds is 3. The monoisotopic (exact) mass is 351 g/mol. The van der Waals surface area contributed by atoms with Crippen molar-refractivity contribution in [1.29, 1.82) is 0 Å². The maximum atomic E-state index is 11.7. The van der Waals surface area contributed by atoms with Gasteiger partial charge < -0.3 is 5.32 Å². The number of anilines is 1. The summed E-state index contributed by atoms with van der Waals surface area (Å²) in [5.74, 6) is -0.0505. The zero-order valence-corrected chi connectivity index (χ0v) is 15.3. The van der Waals surface area contributed by atoms with E-state index in [1.165, 1.54) is 15.8 Å². The Labute approximate surface area is 151 Å². The molecule has 1 amide bonds. The van der Waals surface area contributed by atoms with Crippen molar-refractivity contribution >= 4 is 33.1 Å². The SMILES string of the molecule is CCN1CCc2cc(-c3nc4ccccc4s3)c(NC(C)=O)cc2C1. The summed E-state index contributed by atoms with van der Waals surface area (Å²) in [4.78, 5) is 18.9. The first-order valence-electron chi connectivity index (χ1n) is 8.65. The van der Waals surface area contributed by atoms with Gasteiger partial charge in [0.25, 0.3) is 0 Å². The molecular weight excluding hydrogens is 330 g/mol. The van der Waals surface area contributed by atoms with Crippen LogP contribution in [0.3, 0.4) is 0 Å². The Hall–Kier alpha value is -2.24. The number of fused-ring (bicyclic) bond motifs is 2. The van der Waals surface area contributed by atoms with Crippen LogP contribution in [0.1, 0.15) is 25.0 Å². The molecule has 0 fully saturated rings. The minimum Gasteiger partial charge on any atom is -0.326 e. The number of nitrogens with zero attached hydrogens (tertiary/aromatic N) is 2. The normalized spacial score (nSPS) is 14.5. The zero-order chi connectivity index (χ0) is 17.4. The van der Waals surface area contributed by atoms with Crippen LogP contribution >= 0.6 is 11.3 Å². The summed E-state index contributed by atoms with van der Waals surface area (Å²) in [6.07, 6.45) is 1.04. The van der Waals surface area contributed by atoms with Crippen LogP contribution in [0, 0.1) is 0 Å². The van der Waals surface area contributed by atoms with Gasteiger partial charge in [-0.2, -0.15) is 0 Å². The van der Waals surface area contributed by atoms with Gasteiger partial charge in [-0.05, 0) is 48.4 Å². The smallest absolute Gasteiger partial charge is 0.221 e. The molecule has 1 aromatic heterocycles. The first-order valence-corrected chi connectivity index (χ1v) is 9.47. The van der Waals surface area contributed by atoms with E-state index in [1.54, 1.807) is 18.3 Å². The Bertz CT molecular complexity index is 914. The van der Waals surface area contributed by atoms with Gasteiger partial charge in [0.1, 0.15) is 5.01 Å². The third-order valence-corrected chi connectivity index (χ3v) is 5.78. The summed E-state index contributed by atoms with van der Waals surface area (Å²) < 4.78 is 1.17. The fourth-order valence-electron chi connectivity index (χ4n) is 3.40. The lowest BCUT2D eigenvalue weighted by Gasteiger charge is -2.28. The van der Waals surface area contributed by atoms with Gasteiger partial charge in [-0.25, -0.2) is 4.98 Å². The van der Waals surface area contributed by atoms with Gasteiger partial charge in [-0.1, -0.05) is 19.1 Å². The second-order valence-electron chi connectivity index (χ2n) is 6.45. The maximum Gasteiger partial charge on any atom is 0.221 e. The van der Waals surface area contributed by atoms with Gasteiger partial charge in [0, 0.05) is 25.6 Å². The van der Waals surface area contributed by atoms with E-state index in [-0.39, 0.29) is 5.91 Å². The summed E-state index contributed by atoms with van der Waals surface area (Å²) in [6, 6.07) is 12.5. The van der Waals surface area contributed by atoms with Crippen LogP contribution in [-0.2, 0) is 17.8 Å². The number of hydrogen-bond acceptors (Lipinski definition) is 4. The number of hydrogen-bond donors (Lipinski definition) is 1. The Morgan fingerprint density at radius 3 is 2.88 bits per heavy atom. The third-order valence-electron chi connectivity index (χ3n) is 4.71. The Kier molecular flexibility index (Phi) is 4.27. The van der Waals surface area contributed by atoms with Crippen LogP contribution in [0.5, 0.6) is 0 Å². The molecule has 0 saturated heterocycles. The summed E-state index contributed by atoms with van der Waals surface area (Å²) >= 11 is 1.67. The summed E-state index contributed by atoms with van der Waals surface area (Å²) in [7, 11) is 0. The highest BCUT2D eigenvalue weighted by Gasteiger charge is 2.20. The van der Waals surface area contributed by atoms with E-state index >= 15 is 0 Å². The zero-order valence-electron chi connectivity index (χ0n) is 14.5. The number of carbonyl (C=O) groups is 1. The average Bonchev–Trinajstić information content (AvgIpc) is 3.04. The highest BCUT2D eigenvalue weighted by molar-refractivity contribution is 7.21. The molecule has 1 N–H and O–H groups in total. The van der Waals surface area contributed by atoms with Crippen LogP contribution in [0.2, 0.25) is 0 Å². The van der Waals surface area contributed by atoms with Crippen molar-refractivity contribution in [3.8, 4) is 10.6 Å². The standard InChI is InChI=1S/C20H21N3OS/c1-3-23-9-8-14-10-16(18(21-13(2)24)11-15(14)12-23)20-22-17-6-4-5-7-19(17)25-20/h4-7,10-11H,3,8-9,12H2,1-2H3,(H,21,24). The molecule has 2 heterocycles. The predicted octanol–water partition coefficient (Wildman–Crippen LogP) is 4.30. The van der Waals surface area contributed by atoms with Gasteiger partial charge in [0.2, 0.25) is 5.91 Å². The van der Waals surface area contributed by atoms with E-state index in [2.05, 4.69) is 35.3 Å². The van der Waals surface area contributed by atoms with Crippen LogP contribution in [-0.4, -0.2) is 28.9 Å². The second-order valence-corrected chi connectivity index (χ2v) is 7.48. The molecule has 4 rings (SSSR count). The Balaban J connectivity index is 1.83. The van der Waals surface area contributed by atoms with E-state index in [4.69, 9.17) is 4.98 Å². The minimum absolute atomic E-state index is 0.0505. The molecule has 128 valence electrons. The van der Waals surface area contributed by atoms with E-state index in [0.717, 1.165) is 47.8 Å². The molecule has 0 radical (unpaired) electrons. The molecule has 1 aliphatic heterocycles. The fraction of sp³-hybridized carbons (Fsp3) is 0.300. The van der Waals surface area contributed by atoms with Crippen molar-refractivity contribution in [3.05, 3.63) is 47.5 Å². The molecule has 5 heteroatoms. The maximum absolute atomic E-state index is 11.7. The average molecular weight is 351 g/mol. The first kappa shape index (κ1) is 16.2. The van der Waals surface area contributed by atoms with Gasteiger partial charge in [-0.15, -0.1) is 11.3 Å². The summed E-state index contributed by atoms with van der Waals surface area (Å²) in [6.45, 7) is 6.82. The van der Waals surface area contributed by atoms with E-state index in [0.29, 0.717) is 0 Å². The molecule has 2 aromatic carbocycles. The van der Waals surface area contributed by atoms with Crippen LogP contribution in [0.25, 0.3) is 20.8 Å². The largest absolute Gasteiger partial charge is 0.326 e. The van der Waals surface area contributed by atoms with Crippen LogP contribution in [0.15, 0.2) is 36.4 Å². The van der Waals surface area contributed by atoms with Gasteiger partial charge in [0.05, 0.1) is 15.9 Å². The molecule has 0 aliphatic carbocycles. The number of thiazole rings is 1. The Morgan fingerprint density at radius 2 is 2.12 bits per heavy atom. The number of benzene rings is 2. The molecule has 0 bridgehead atoms. The molecule has 25 heavy (non-hydrogen) atoms. The fourth-order valence-corrected chi connectivity index (χ4v) is 4.39. The summed E-state index contributed by atoms with van der Waals surface area (Å²) in [5.41, 5.74) is 5.57. The minimum atomic E-state index is -0.0505. The molecule has 0 spiro atoms. The number of nitrogens with one attached hydrogen (secondary N) is 1. The summed E-state index contributed by atoms with van der Waals surface area (Å²) in [5, 5.41) is 3.97. The van der Waals surface area contributed by atoms with Crippen LogP contribution in [0.4, 0.5) is 5.69 Å². The van der Waals surface area contributed by atoms with Crippen molar-refractivity contribution in [2.75, 3.05) is 18.4 Å². The molecule has 0 saturated carbocycles. The molecule has 0 unspecified atom stereocenters. The number of likely N-dealkylation sites (N-methyl/N-ethyl adjacent to an activating group) is 1. The van der Waals surface area contributed by atoms with E-state index in [9.17, 15) is 4.79 Å². The number of amides is 1. The second kappa shape index (κ2) is 6.58.